The SMILES string of the molecule is COC(=O)c1ccc(COc2ccc([C@@H]3NC(=O)NC(C)=C3C(=O)Nc3ccccc3)cc2)cc1. The number of esters is 1. The molecule has 1 aliphatic heterocycles. The summed E-state index contributed by atoms with van der Waals surface area (Å²) in [5, 5.41) is 8.38. The monoisotopic (exact) mass is 471 g/mol. The van der Waals surface area contributed by atoms with Crippen LogP contribution < -0.4 is 20.7 Å². The first kappa shape index (κ1) is 23.6. The summed E-state index contributed by atoms with van der Waals surface area (Å²) in [5.74, 6) is -0.0665. The van der Waals surface area contributed by atoms with Crippen LogP contribution in [-0.4, -0.2) is 25.0 Å². The molecular weight excluding hydrogens is 446 g/mol. The molecule has 8 heteroatoms. The average molecular weight is 472 g/mol. The fourth-order valence-corrected chi connectivity index (χ4v) is 3.74. The van der Waals surface area contributed by atoms with Crippen molar-refractivity contribution in [2.45, 2.75) is 19.6 Å². The molecule has 0 radical (unpaired) electrons. The van der Waals surface area contributed by atoms with Gasteiger partial charge in [-0.05, 0) is 54.4 Å². The summed E-state index contributed by atoms with van der Waals surface area (Å²) in [6.45, 7) is 2.02. The Morgan fingerprint density at radius 2 is 1.63 bits per heavy atom. The number of anilines is 1. The van der Waals surface area contributed by atoms with Crippen molar-refractivity contribution in [1.82, 2.24) is 10.6 Å². The van der Waals surface area contributed by atoms with Gasteiger partial charge < -0.3 is 25.4 Å². The molecule has 3 aromatic rings. The highest BCUT2D eigenvalue weighted by atomic mass is 16.5. The van der Waals surface area contributed by atoms with Crippen LogP contribution in [0.1, 0.15) is 34.5 Å². The molecule has 0 fully saturated rings. The molecule has 1 heterocycles. The second-order valence-electron chi connectivity index (χ2n) is 7.94. The van der Waals surface area contributed by atoms with Crippen molar-refractivity contribution in [3.05, 3.63) is 107 Å². The first-order chi connectivity index (χ1) is 16.9. The van der Waals surface area contributed by atoms with Crippen LogP contribution in [0.25, 0.3) is 0 Å². The molecule has 0 bridgehead atoms. The van der Waals surface area contributed by atoms with Crippen LogP contribution in [-0.2, 0) is 16.1 Å². The van der Waals surface area contributed by atoms with Gasteiger partial charge in [-0.2, -0.15) is 0 Å². The van der Waals surface area contributed by atoms with Crippen LogP contribution in [0.4, 0.5) is 10.5 Å². The first-order valence-electron chi connectivity index (χ1n) is 11.0. The molecule has 3 amide bonds. The normalized spacial score (nSPS) is 15.0. The molecule has 0 saturated heterocycles. The molecule has 1 aliphatic rings. The number of benzene rings is 3. The first-order valence-corrected chi connectivity index (χ1v) is 11.0. The van der Waals surface area contributed by atoms with Gasteiger partial charge in [0.05, 0.1) is 24.3 Å². The lowest BCUT2D eigenvalue weighted by Crippen LogP contribution is -2.45. The number of methoxy groups -OCH3 is 1. The summed E-state index contributed by atoms with van der Waals surface area (Å²) >= 11 is 0. The van der Waals surface area contributed by atoms with Gasteiger partial charge in [0.2, 0.25) is 0 Å². The second-order valence-corrected chi connectivity index (χ2v) is 7.94. The molecule has 0 saturated carbocycles. The van der Waals surface area contributed by atoms with E-state index in [9.17, 15) is 14.4 Å². The third-order valence-electron chi connectivity index (χ3n) is 5.54. The van der Waals surface area contributed by atoms with Gasteiger partial charge in [-0.3, -0.25) is 4.79 Å². The van der Waals surface area contributed by atoms with Crippen molar-refractivity contribution < 1.29 is 23.9 Å². The molecule has 0 spiro atoms. The number of amides is 3. The van der Waals surface area contributed by atoms with Crippen molar-refractivity contribution in [2.75, 3.05) is 12.4 Å². The van der Waals surface area contributed by atoms with E-state index in [2.05, 4.69) is 16.0 Å². The molecule has 8 nitrogen and oxygen atoms in total. The maximum atomic E-state index is 13.1. The number of carbonyl (C=O) groups excluding carboxylic acids is 3. The maximum Gasteiger partial charge on any atom is 0.337 e. The van der Waals surface area contributed by atoms with Crippen LogP contribution in [0.15, 0.2) is 90.1 Å². The number of hydrogen-bond donors (Lipinski definition) is 3. The van der Waals surface area contributed by atoms with E-state index >= 15 is 0 Å². The Kier molecular flexibility index (Phi) is 7.11. The van der Waals surface area contributed by atoms with E-state index in [0.717, 1.165) is 11.1 Å². The maximum absolute atomic E-state index is 13.1. The zero-order valence-electron chi connectivity index (χ0n) is 19.3. The largest absolute Gasteiger partial charge is 0.489 e. The third-order valence-corrected chi connectivity index (χ3v) is 5.54. The molecule has 3 N–H and O–H groups in total. The number of ether oxygens (including phenoxy) is 2. The van der Waals surface area contributed by atoms with Crippen LogP contribution in [0.3, 0.4) is 0 Å². The van der Waals surface area contributed by atoms with Gasteiger partial charge in [0.1, 0.15) is 12.4 Å². The summed E-state index contributed by atoms with van der Waals surface area (Å²) in [6, 6.07) is 22.3. The number of allylic oxidation sites excluding steroid dienone is 1. The van der Waals surface area contributed by atoms with Gasteiger partial charge in [-0.1, -0.05) is 42.5 Å². The van der Waals surface area contributed by atoms with Gasteiger partial charge in [0.25, 0.3) is 5.91 Å². The minimum Gasteiger partial charge on any atom is -0.489 e. The highest BCUT2D eigenvalue weighted by molar-refractivity contribution is 6.06. The lowest BCUT2D eigenvalue weighted by molar-refractivity contribution is -0.113. The van der Waals surface area contributed by atoms with E-state index in [1.54, 1.807) is 55.5 Å². The number of hydrogen-bond acceptors (Lipinski definition) is 5. The smallest absolute Gasteiger partial charge is 0.337 e. The number of para-hydroxylation sites is 1. The number of rotatable bonds is 7. The fraction of sp³-hybridized carbons (Fsp3) is 0.148. The van der Waals surface area contributed by atoms with Gasteiger partial charge >= 0.3 is 12.0 Å². The summed E-state index contributed by atoms with van der Waals surface area (Å²) in [5.41, 5.74) is 3.69. The van der Waals surface area contributed by atoms with Gasteiger partial charge in [-0.25, -0.2) is 9.59 Å². The predicted octanol–water partition coefficient (Wildman–Crippen LogP) is 4.32. The second kappa shape index (κ2) is 10.6. The topological polar surface area (TPSA) is 106 Å². The van der Waals surface area contributed by atoms with E-state index in [1.807, 2.05) is 30.3 Å². The van der Waals surface area contributed by atoms with Crippen LogP contribution in [0.5, 0.6) is 5.75 Å². The van der Waals surface area contributed by atoms with E-state index in [-0.39, 0.29) is 17.9 Å². The lowest BCUT2D eigenvalue weighted by atomic mass is 9.94. The van der Waals surface area contributed by atoms with E-state index in [0.29, 0.717) is 34.9 Å². The van der Waals surface area contributed by atoms with Crippen molar-refractivity contribution in [1.29, 1.82) is 0 Å². The average Bonchev–Trinajstić information content (AvgIpc) is 2.87. The molecule has 4 rings (SSSR count). The highest BCUT2D eigenvalue weighted by Gasteiger charge is 2.31. The molecular formula is C27H25N3O5. The zero-order chi connectivity index (χ0) is 24.8. The molecule has 1 atom stereocenters. The van der Waals surface area contributed by atoms with Crippen molar-refractivity contribution in [2.24, 2.45) is 0 Å². The Labute approximate surface area is 202 Å². The number of urea groups is 1. The molecule has 3 aromatic carbocycles. The Morgan fingerprint density at radius 3 is 2.29 bits per heavy atom. The molecule has 0 aliphatic carbocycles. The summed E-state index contributed by atoms with van der Waals surface area (Å²) in [4.78, 5) is 36.8. The Balaban J connectivity index is 1.46. The van der Waals surface area contributed by atoms with Crippen molar-refractivity contribution in [3.63, 3.8) is 0 Å². The van der Waals surface area contributed by atoms with E-state index < -0.39 is 6.04 Å². The minimum atomic E-state index is -0.618. The quantitative estimate of drug-likeness (QED) is 0.445. The fourth-order valence-electron chi connectivity index (χ4n) is 3.74. The summed E-state index contributed by atoms with van der Waals surface area (Å²) in [7, 11) is 1.34. The summed E-state index contributed by atoms with van der Waals surface area (Å²) in [6.07, 6.45) is 0. The van der Waals surface area contributed by atoms with Crippen molar-refractivity contribution in [3.8, 4) is 5.75 Å². The predicted molar refractivity (Wildman–Crippen MR) is 131 cm³/mol. The Morgan fingerprint density at radius 1 is 0.943 bits per heavy atom. The molecule has 0 unspecified atom stereocenters. The number of carbonyl (C=O) groups is 3. The molecule has 0 aromatic heterocycles. The van der Waals surface area contributed by atoms with E-state index in [1.165, 1.54) is 7.11 Å². The molecule has 178 valence electrons. The Hall–Kier alpha value is -4.59. The zero-order valence-corrected chi connectivity index (χ0v) is 19.3. The number of nitrogens with one attached hydrogen (secondary N) is 3. The lowest BCUT2D eigenvalue weighted by Gasteiger charge is -2.28. The molecule has 35 heavy (non-hydrogen) atoms. The Bertz CT molecular complexity index is 1250. The van der Waals surface area contributed by atoms with Crippen LogP contribution in [0.2, 0.25) is 0 Å². The third kappa shape index (κ3) is 5.67. The van der Waals surface area contributed by atoms with Gasteiger partial charge in [0.15, 0.2) is 0 Å². The minimum absolute atomic E-state index is 0.304. The summed E-state index contributed by atoms with van der Waals surface area (Å²) < 4.78 is 10.6. The highest BCUT2D eigenvalue weighted by Crippen LogP contribution is 2.29. The van der Waals surface area contributed by atoms with Crippen LogP contribution in [0, 0.1) is 0 Å². The van der Waals surface area contributed by atoms with Gasteiger partial charge in [-0.15, -0.1) is 0 Å². The van der Waals surface area contributed by atoms with Crippen LogP contribution >= 0.6 is 0 Å². The van der Waals surface area contributed by atoms with Gasteiger partial charge in [0, 0.05) is 11.4 Å². The standard InChI is InChI=1S/C27H25N3O5/c1-17-23(25(31)29-21-6-4-3-5-7-21)24(30-27(33)28-17)19-12-14-22(15-13-19)35-16-18-8-10-20(11-9-18)26(32)34-2/h3-15,24H,16H2,1-2H3,(H,29,31)(H2,28,30,33)/t24-/m0/s1. The van der Waals surface area contributed by atoms with E-state index in [4.69, 9.17) is 9.47 Å². The van der Waals surface area contributed by atoms with Crippen molar-refractivity contribution >= 4 is 23.6 Å².